The van der Waals surface area contributed by atoms with E-state index in [1.54, 1.807) is 26.8 Å². The number of imide groups is 1. The van der Waals surface area contributed by atoms with E-state index in [0.717, 1.165) is 22.3 Å². The second-order valence-corrected chi connectivity index (χ2v) is 7.82. The maximum atomic E-state index is 13.2. The van der Waals surface area contributed by atoms with E-state index in [0.29, 0.717) is 22.6 Å². The van der Waals surface area contributed by atoms with Crippen molar-refractivity contribution < 1.29 is 18.8 Å². The summed E-state index contributed by atoms with van der Waals surface area (Å²) in [6.07, 6.45) is 0. The Labute approximate surface area is 164 Å². The highest BCUT2D eigenvalue weighted by Gasteiger charge is 2.50. The van der Waals surface area contributed by atoms with Crippen LogP contribution in [0.2, 0.25) is 0 Å². The van der Waals surface area contributed by atoms with E-state index in [2.05, 4.69) is 5.32 Å². The molecule has 1 fully saturated rings. The molecule has 1 saturated heterocycles. The minimum Gasteiger partial charge on any atom is -0.466 e. The number of ketones is 1. The molecule has 6 heteroatoms. The van der Waals surface area contributed by atoms with Gasteiger partial charge in [0, 0.05) is 11.1 Å². The van der Waals surface area contributed by atoms with Crippen LogP contribution in [0.5, 0.6) is 0 Å². The van der Waals surface area contributed by atoms with Crippen LogP contribution in [-0.4, -0.2) is 22.6 Å². The SMILES string of the molecule is CC(=O)c1c(C)cc(C)c(CN2C(=O)NC(C)(c3cc(C)oc3C)C2=O)c1C. The lowest BCUT2D eigenvalue weighted by Gasteiger charge is -2.22. The van der Waals surface area contributed by atoms with Gasteiger partial charge in [0.25, 0.3) is 5.91 Å². The van der Waals surface area contributed by atoms with Crippen LogP contribution in [0.1, 0.15) is 63.5 Å². The van der Waals surface area contributed by atoms with Crippen molar-refractivity contribution in [3.05, 3.63) is 57.0 Å². The number of urea groups is 1. The first-order chi connectivity index (χ1) is 13.0. The molecule has 0 aliphatic carbocycles. The Morgan fingerprint density at radius 2 is 1.75 bits per heavy atom. The number of Topliss-reactive ketones (excluding diaryl/α,β-unsaturated/α-hetero) is 1. The third-order valence-corrected chi connectivity index (χ3v) is 5.65. The zero-order valence-electron chi connectivity index (χ0n) is 17.4. The molecule has 1 unspecified atom stereocenters. The smallest absolute Gasteiger partial charge is 0.325 e. The topological polar surface area (TPSA) is 79.6 Å². The van der Waals surface area contributed by atoms with Crippen molar-refractivity contribution in [3.8, 4) is 0 Å². The van der Waals surface area contributed by atoms with Crippen LogP contribution in [0.4, 0.5) is 4.79 Å². The van der Waals surface area contributed by atoms with Crippen molar-refractivity contribution in [3.63, 3.8) is 0 Å². The monoisotopic (exact) mass is 382 g/mol. The molecule has 1 atom stereocenters. The molecule has 1 aromatic carbocycles. The standard InChI is InChI=1S/C22H26N2O4/c1-11-8-12(2)19(15(5)25)14(4)17(11)10-24-20(26)22(7,23-21(24)27)18-9-13(3)28-16(18)6/h8-9H,10H2,1-7H3,(H,23,27). The first-order valence-corrected chi connectivity index (χ1v) is 9.29. The summed E-state index contributed by atoms with van der Waals surface area (Å²) in [6.45, 7) is 12.6. The molecule has 1 aliphatic heterocycles. The number of rotatable bonds is 4. The number of amides is 3. The Morgan fingerprint density at radius 3 is 2.29 bits per heavy atom. The molecule has 0 saturated carbocycles. The molecule has 3 rings (SSSR count). The number of hydrogen-bond donors (Lipinski definition) is 1. The minimum absolute atomic E-state index is 0.0252. The lowest BCUT2D eigenvalue weighted by atomic mass is 9.90. The van der Waals surface area contributed by atoms with Gasteiger partial charge in [-0.3, -0.25) is 14.5 Å². The van der Waals surface area contributed by atoms with E-state index in [9.17, 15) is 14.4 Å². The number of nitrogens with zero attached hydrogens (tertiary/aromatic N) is 1. The fraction of sp³-hybridized carbons (Fsp3) is 0.409. The minimum atomic E-state index is -1.17. The van der Waals surface area contributed by atoms with Crippen molar-refractivity contribution >= 4 is 17.7 Å². The zero-order valence-corrected chi connectivity index (χ0v) is 17.4. The number of hydrogen-bond acceptors (Lipinski definition) is 4. The zero-order chi connectivity index (χ0) is 21.0. The quantitative estimate of drug-likeness (QED) is 0.640. The van der Waals surface area contributed by atoms with Gasteiger partial charge in [-0.2, -0.15) is 0 Å². The molecule has 0 spiro atoms. The van der Waals surface area contributed by atoms with Crippen molar-refractivity contribution in [2.45, 2.75) is 60.5 Å². The summed E-state index contributed by atoms with van der Waals surface area (Å²) < 4.78 is 5.56. The highest BCUT2D eigenvalue weighted by atomic mass is 16.3. The maximum Gasteiger partial charge on any atom is 0.325 e. The highest BCUT2D eigenvalue weighted by molar-refractivity contribution is 6.07. The Kier molecular flexibility index (Phi) is 4.69. The number of benzene rings is 1. The first kappa shape index (κ1) is 19.9. The van der Waals surface area contributed by atoms with Crippen molar-refractivity contribution in [2.75, 3.05) is 0 Å². The van der Waals surface area contributed by atoms with Crippen LogP contribution in [0, 0.1) is 34.6 Å². The molecule has 1 aromatic heterocycles. The van der Waals surface area contributed by atoms with Crippen LogP contribution in [0.3, 0.4) is 0 Å². The number of aryl methyl sites for hydroxylation is 4. The molecule has 1 aliphatic rings. The van der Waals surface area contributed by atoms with Crippen molar-refractivity contribution in [1.29, 1.82) is 0 Å². The molecule has 1 N–H and O–H groups in total. The molecule has 148 valence electrons. The van der Waals surface area contributed by atoms with E-state index in [1.807, 2.05) is 26.8 Å². The number of carbonyl (C=O) groups is 3. The summed E-state index contributed by atoms with van der Waals surface area (Å²) >= 11 is 0. The van der Waals surface area contributed by atoms with Crippen molar-refractivity contribution in [1.82, 2.24) is 10.2 Å². The molecular weight excluding hydrogens is 356 g/mol. The molecular formula is C22H26N2O4. The normalized spacial score (nSPS) is 19.3. The van der Waals surface area contributed by atoms with Gasteiger partial charge in [-0.1, -0.05) is 6.07 Å². The van der Waals surface area contributed by atoms with E-state index in [1.165, 1.54) is 11.8 Å². The van der Waals surface area contributed by atoms with Crippen LogP contribution < -0.4 is 5.32 Å². The predicted octanol–water partition coefficient (Wildman–Crippen LogP) is 3.99. The summed E-state index contributed by atoms with van der Waals surface area (Å²) in [7, 11) is 0. The van der Waals surface area contributed by atoms with Gasteiger partial charge in [0.05, 0.1) is 6.54 Å². The van der Waals surface area contributed by atoms with Gasteiger partial charge in [-0.05, 0) is 76.8 Å². The van der Waals surface area contributed by atoms with E-state index in [4.69, 9.17) is 4.42 Å². The Balaban J connectivity index is 2.02. The molecule has 3 amide bonds. The maximum absolute atomic E-state index is 13.2. The second kappa shape index (κ2) is 6.62. The second-order valence-electron chi connectivity index (χ2n) is 7.82. The number of furan rings is 1. The Morgan fingerprint density at radius 1 is 1.11 bits per heavy atom. The molecule has 0 radical (unpaired) electrons. The summed E-state index contributed by atoms with van der Waals surface area (Å²) in [6, 6.07) is 3.27. The van der Waals surface area contributed by atoms with E-state index >= 15 is 0 Å². The van der Waals surface area contributed by atoms with Gasteiger partial charge in [0.1, 0.15) is 17.1 Å². The molecule has 2 heterocycles. The van der Waals surface area contributed by atoms with Crippen LogP contribution >= 0.6 is 0 Å². The molecule has 28 heavy (non-hydrogen) atoms. The van der Waals surface area contributed by atoms with E-state index < -0.39 is 11.6 Å². The third-order valence-electron chi connectivity index (χ3n) is 5.65. The third kappa shape index (κ3) is 2.93. The predicted molar refractivity (Wildman–Crippen MR) is 105 cm³/mol. The van der Waals surface area contributed by atoms with Gasteiger partial charge < -0.3 is 9.73 Å². The van der Waals surface area contributed by atoms with Crippen LogP contribution in [0.15, 0.2) is 16.5 Å². The summed E-state index contributed by atoms with van der Waals surface area (Å²) in [5, 5.41) is 2.82. The summed E-state index contributed by atoms with van der Waals surface area (Å²) in [4.78, 5) is 39.2. The lowest BCUT2D eigenvalue weighted by molar-refractivity contribution is -0.131. The van der Waals surface area contributed by atoms with Gasteiger partial charge >= 0.3 is 6.03 Å². The van der Waals surface area contributed by atoms with Gasteiger partial charge in [-0.15, -0.1) is 0 Å². The lowest BCUT2D eigenvalue weighted by Crippen LogP contribution is -2.41. The fourth-order valence-corrected chi connectivity index (χ4v) is 4.32. The van der Waals surface area contributed by atoms with Gasteiger partial charge in [-0.25, -0.2) is 4.79 Å². The van der Waals surface area contributed by atoms with Crippen molar-refractivity contribution in [2.24, 2.45) is 0 Å². The first-order valence-electron chi connectivity index (χ1n) is 9.29. The van der Waals surface area contributed by atoms with Crippen LogP contribution in [0.25, 0.3) is 0 Å². The summed E-state index contributed by atoms with van der Waals surface area (Å²) in [5.41, 5.74) is 3.62. The number of nitrogens with one attached hydrogen (secondary N) is 1. The Hall–Kier alpha value is -2.89. The fourth-order valence-electron chi connectivity index (χ4n) is 4.32. The molecule has 2 aromatic rings. The average molecular weight is 382 g/mol. The largest absolute Gasteiger partial charge is 0.466 e. The average Bonchev–Trinajstić information content (AvgIpc) is 3.01. The molecule has 6 nitrogen and oxygen atoms in total. The Bertz CT molecular complexity index is 1020. The van der Waals surface area contributed by atoms with Crippen LogP contribution in [-0.2, 0) is 16.9 Å². The van der Waals surface area contributed by atoms with E-state index in [-0.39, 0.29) is 18.2 Å². The van der Waals surface area contributed by atoms with Gasteiger partial charge in [0.15, 0.2) is 5.78 Å². The molecule has 0 bridgehead atoms. The summed E-state index contributed by atoms with van der Waals surface area (Å²) in [5.74, 6) is 0.940. The number of carbonyl (C=O) groups excluding carboxylic acids is 3. The van der Waals surface area contributed by atoms with Gasteiger partial charge in [0.2, 0.25) is 0 Å². The highest BCUT2D eigenvalue weighted by Crippen LogP contribution is 2.34.